The van der Waals surface area contributed by atoms with Gasteiger partial charge in [0.15, 0.2) is 0 Å². The third-order valence-electron chi connectivity index (χ3n) is 12.2. The lowest BCUT2D eigenvalue weighted by Gasteiger charge is -2.27. The van der Waals surface area contributed by atoms with E-state index in [0.29, 0.717) is 11.4 Å². The molecule has 62 heavy (non-hydrogen) atoms. The summed E-state index contributed by atoms with van der Waals surface area (Å²) in [7, 11) is 0. The third kappa shape index (κ3) is 8.23. The molecule has 4 heteroatoms. The molecule has 0 atom stereocenters. The van der Waals surface area contributed by atoms with Crippen molar-refractivity contribution < 1.29 is 5.11 Å². The largest absolute Gasteiger partial charge is 0.507 e. The van der Waals surface area contributed by atoms with Crippen molar-refractivity contribution in [2.24, 2.45) is 0 Å². The Labute approximate surface area is 369 Å². The second-order valence-electron chi connectivity index (χ2n) is 21.1. The van der Waals surface area contributed by atoms with Gasteiger partial charge in [-0.3, -0.25) is 9.55 Å². The number of benzene rings is 6. The van der Waals surface area contributed by atoms with Crippen molar-refractivity contribution in [3.63, 3.8) is 0 Å². The van der Waals surface area contributed by atoms with Crippen LogP contribution in [0.3, 0.4) is 0 Å². The zero-order valence-corrected chi connectivity index (χ0v) is 38.6. The van der Waals surface area contributed by atoms with Gasteiger partial charge in [-0.25, -0.2) is 4.98 Å². The number of phenols is 1. The predicted molar refractivity (Wildman–Crippen MR) is 263 cm³/mol. The van der Waals surface area contributed by atoms with Crippen LogP contribution in [0.15, 0.2) is 146 Å². The number of hydrogen-bond acceptors (Lipinski definition) is 3. The quantitative estimate of drug-likeness (QED) is 0.182. The maximum Gasteiger partial charge on any atom is 0.149 e. The molecule has 314 valence electrons. The number of nitrogens with zero attached hydrogens (tertiary/aromatic N) is 3. The molecule has 0 saturated heterocycles. The minimum atomic E-state index is -0.310. The highest BCUT2D eigenvalue weighted by Gasteiger charge is 2.29. The lowest BCUT2D eigenvalue weighted by molar-refractivity contribution is 0.446. The molecular formula is C58H61N3O. The number of phenolic OH excluding ortho intramolecular Hbond substituents is 1. The normalized spacial score (nSPS) is 12.6. The molecular weight excluding hydrogens is 755 g/mol. The number of para-hydroxylation sites is 2. The number of aromatic hydroxyl groups is 1. The second kappa shape index (κ2) is 15.6. The fourth-order valence-electron chi connectivity index (χ4n) is 8.39. The lowest BCUT2D eigenvalue weighted by Crippen LogP contribution is -2.17. The van der Waals surface area contributed by atoms with Crippen LogP contribution < -0.4 is 0 Å². The first kappa shape index (κ1) is 42.4. The molecule has 2 aromatic heterocycles. The van der Waals surface area contributed by atoms with Crippen molar-refractivity contribution in [3.05, 3.63) is 168 Å². The maximum absolute atomic E-state index is 12.4. The Morgan fingerprint density at radius 3 is 1.71 bits per heavy atom. The molecule has 8 rings (SSSR count). The molecule has 0 radical (unpaired) electrons. The first-order chi connectivity index (χ1) is 29.2. The Morgan fingerprint density at radius 2 is 1.05 bits per heavy atom. The summed E-state index contributed by atoms with van der Waals surface area (Å²) in [6.45, 7) is 26.7. The topological polar surface area (TPSA) is 50.9 Å². The van der Waals surface area contributed by atoms with E-state index in [2.05, 4.69) is 227 Å². The molecule has 8 aromatic rings. The van der Waals surface area contributed by atoms with Crippen LogP contribution in [0.2, 0.25) is 0 Å². The molecule has 6 aromatic carbocycles. The van der Waals surface area contributed by atoms with E-state index in [-0.39, 0.29) is 27.4 Å². The van der Waals surface area contributed by atoms with Crippen molar-refractivity contribution >= 4 is 11.0 Å². The van der Waals surface area contributed by atoms with Crippen molar-refractivity contribution in [1.29, 1.82) is 0 Å². The highest BCUT2D eigenvalue weighted by Crippen LogP contribution is 2.46. The number of rotatable bonds is 6. The molecule has 0 aliphatic carbocycles. The number of pyridine rings is 1. The van der Waals surface area contributed by atoms with E-state index in [9.17, 15) is 5.11 Å². The molecule has 0 unspecified atom stereocenters. The summed E-state index contributed by atoms with van der Waals surface area (Å²) in [6.07, 6.45) is 1.93. The van der Waals surface area contributed by atoms with E-state index in [0.717, 1.165) is 66.9 Å². The fourth-order valence-corrected chi connectivity index (χ4v) is 8.39. The third-order valence-corrected chi connectivity index (χ3v) is 12.2. The summed E-state index contributed by atoms with van der Waals surface area (Å²) in [4.78, 5) is 10.6. The van der Waals surface area contributed by atoms with Gasteiger partial charge in [-0.15, -0.1) is 0 Å². The Morgan fingerprint density at radius 1 is 0.435 bits per heavy atom. The molecule has 0 aliphatic heterocycles. The Balaban J connectivity index is 1.40. The predicted octanol–water partition coefficient (Wildman–Crippen LogP) is 15.7. The van der Waals surface area contributed by atoms with E-state index in [4.69, 9.17) is 9.97 Å². The summed E-state index contributed by atoms with van der Waals surface area (Å²) in [6, 6.07) is 50.0. The van der Waals surface area contributed by atoms with Gasteiger partial charge in [-0.05, 0) is 103 Å². The summed E-state index contributed by atoms with van der Waals surface area (Å²) >= 11 is 0. The highest BCUT2D eigenvalue weighted by molar-refractivity contribution is 5.98. The van der Waals surface area contributed by atoms with Gasteiger partial charge in [-0.2, -0.15) is 0 Å². The zero-order valence-electron chi connectivity index (χ0n) is 38.6. The van der Waals surface area contributed by atoms with Gasteiger partial charge in [0.1, 0.15) is 11.6 Å². The van der Waals surface area contributed by atoms with E-state index < -0.39 is 0 Å². The van der Waals surface area contributed by atoms with E-state index in [1.807, 2.05) is 6.20 Å². The average molecular weight is 816 g/mol. The van der Waals surface area contributed by atoms with Crippen LogP contribution in [0.5, 0.6) is 5.75 Å². The Hall–Kier alpha value is -6.26. The van der Waals surface area contributed by atoms with Gasteiger partial charge in [0.2, 0.25) is 0 Å². The van der Waals surface area contributed by atoms with Crippen LogP contribution in [0.25, 0.3) is 72.7 Å². The summed E-state index contributed by atoms with van der Waals surface area (Å²) < 4.78 is 2.26. The van der Waals surface area contributed by atoms with Crippen LogP contribution in [0, 0.1) is 0 Å². The monoisotopic (exact) mass is 815 g/mol. The van der Waals surface area contributed by atoms with Gasteiger partial charge in [0.05, 0.1) is 28.0 Å². The number of imidazole rings is 1. The van der Waals surface area contributed by atoms with Crippen LogP contribution in [-0.4, -0.2) is 19.6 Å². The number of aromatic nitrogens is 3. The van der Waals surface area contributed by atoms with E-state index in [1.165, 1.54) is 16.7 Å². The molecule has 4 nitrogen and oxygen atoms in total. The number of fused-ring (bicyclic) bond motifs is 1. The molecule has 1 N–H and O–H groups in total. The second-order valence-corrected chi connectivity index (χ2v) is 21.1. The highest BCUT2D eigenvalue weighted by atomic mass is 16.3. The molecule has 2 heterocycles. The van der Waals surface area contributed by atoms with Gasteiger partial charge in [0.25, 0.3) is 0 Å². The van der Waals surface area contributed by atoms with Gasteiger partial charge in [-0.1, -0.05) is 180 Å². The Kier molecular flexibility index (Phi) is 10.7. The summed E-state index contributed by atoms with van der Waals surface area (Å²) in [5.41, 5.74) is 16.1. The average Bonchev–Trinajstić information content (AvgIpc) is 3.62. The molecule has 0 fully saturated rings. The van der Waals surface area contributed by atoms with Crippen LogP contribution in [0.4, 0.5) is 0 Å². The standard InChI is InChI=1S/C58H61N3O/c1-55(2,3)42-27-25-37(26-28-42)39-29-30-59-49(34-39)41-31-40(32-43(33-41)56(4,5)6)46-22-18-24-51-52(46)60-54(47-35-44(57(7,8)9)36-48(53(47)62)58(10,11)12)61(51)50-23-17-16-21-45(50)38-19-14-13-15-20-38/h13-36,62H,1-12H3. The van der Waals surface area contributed by atoms with Crippen LogP contribution in [0.1, 0.15) is 105 Å². The van der Waals surface area contributed by atoms with Crippen LogP contribution >= 0.6 is 0 Å². The smallest absolute Gasteiger partial charge is 0.149 e. The van der Waals surface area contributed by atoms with Crippen molar-refractivity contribution in [2.45, 2.75) is 105 Å². The lowest BCUT2D eigenvalue weighted by atomic mass is 9.79. The number of hydrogen-bond donors (Lipinski definition) is 1. The summed E-state index contributed by atoms with van der Waals surface area (Å²) in [5.74, 6) is 0.959. The van der Waals surface area contributed by atoms with E-state index >= 15 is 0 Å². The zero-order chi connectivity index (χ0) is 44.4. The molecule has 0 amide bonds. The van der Waals surface area contributed by atoms with Gasteiger partial charge >= 0.3 is 0 Å². The van der Waals surface area contributed by atoms with Crippen molar-refractivity contribution in [3.8, 4) is 67.5 Å². The van der Waals surface area contributed by atoms with Crippen LogP contribution in [-0.2, 0) is 21.7 Å². The molecule has 0 bridgehead atoms. The molecule has 0 saturated carbocycles. The van der Waals surface area contributed by atoms with Gasteiger partial charge < -0.3 is 5.11 Å². The fraction of sp³-hybridized carbons (Fsp3) is 0.276. The first-order valence-electron chi connectivity index (χ1n) is 22.0. The minimum absolute atomic E-state index is 0.0860. The van der Waals surface area contributed by atoms with Crippen molar-refractivity contribution in [2.75, 3.05) is 0 Å². The SMILES string of the molecule is CC(C)(C)c1ccc(-c2ccnc(-c3cc(-c4cccc5c4nc(-c4cc(C(C)(C)C)cc(C(C)(C)C)c4O)n5-c4ccccc4-c4ccccc4)cc(C(C)(C)C)c3)c2)cc1. The minimum Gasteiger partial charge on any atom is -0.507 e. The summed E-state index contributed by atoms with van der Waals surface area (Å²) in [5, 5.41) is 12.4. The van der Waals surface area contributed by atoms with E-state index in [1.54, 1.807) is 0 Å². The maximum atomic E-state index is 12.4. The Bertz CT molecular complexity index is 2920. The first-order valence-corrected chi connectivity index (χ1v) is 22.0. The molecule has 0 aliphatic rings. The molecule has 0 spiro atoms. The van der Waals surface area contributed by atoms with Gasteiger partial charge in [0, 0.05) is 28.5 Å². The van der Waals surface area contributed by atoms with Crippen molar-refractivity contribution in [1.82, 2.24) is 14.5 Å².